The summed E-state index contributed by atoms with van der Waals surface area (Å²) in [6.45, 7) is 9.22. The number of hydrogen-bond acceptors (Lipinski definition) is 5. The fourth-order valence-electron chi connectivity index (χ4n) is 5.85. The van der Waals surface area contributed by atoms with Crippen LogP contribution in [0.15, 0.2) is 41.3 Å². The molecule has 2 amide bonds. The monoisotopic (exact) mass is 619 g/mol. The molecule has 1 N–H and O–H groups in total. The van der Waals surface area contributed by atoms with Gasteiger partial charge in [-0.15, -0.1) is 0 Å². The summed E-state index contributed by atoms with van der Waals surface area (Å²) >= 11 is 5.76. The molecule has 4 heterocycles. The zero-order valence-electron chi connectivity index (χ0n) is 24.4. The van der Waals surface area contributed by atoms with Gasteiger partial charge in [0.1, 0.15) is 5.69 Å². The standard InChI is InChI=1S/C30H33ClF3N5O4/c1-16-10-24-21(14-37(16)27(41)20-6-7-23(31)22(11-20)30(32,33)34)26-28(42)38(13-17(2)39(26)35-24)18(3)19-8-9-36(25(40)12-19)15-29(4,5)43/h6-9,11-12,16-18,43H,10,13-15H2,1-5H3/t16-,17-,18+/m1/s1. The van der Waals surface area contributed by atoms with Gasteiger partial charge in [-0.3, -0.25) is 19.1 Å². The van der Waals surface area contributed by atoms with E-state index < -0.39 is 34.3 Å². The van der Waals surface area contributed by atoms with Crippen LogP contribution in [0.25, 0.3) is 0 Å². The lowest BCUT2D eigenvalue weighted by molar-refractivity contribution is -0.137. The number of aliphatic hydroxyl groups is 1. The Labute approximate surface area is 251 Å². The lowest BCUT2D eigenvalue weighted by Gasteiger charge is -2.37. The Morgan fingerprint density at radius 1 is 1.14 bits per heavy atom. The minimum atomic E-state index is -4.72. The number of alkyl halides is 3. The molecule has 3 atom stereocenters. The van der Waals surface area contributed by atoms with Crippen LogP contribution in [-0.2, 0) is 25.7 Å². The maximum absolute atomic E-state index is 14.0. The Bertz CT molecular complexity index is 1660. The number of carbonyl (C=O) groups excluding carboxylic acids is 2. The fraction of sp³-hybridized carbons (Fsp3) is 0.467. The molecule has 9 nitrogen and oxygen atoms in total. The van der Waals surface area contributed by atoms with Gasteiger partial charge in [0, 0.05) is 42.4 Å². The normalized spacial score (nSPS) is 19.7. The zero-order chi connectivity index (χ0) is 31.6. The first-order valence-corrected chi connectivity index (χ1v) is 14.4. The van der Waals surface area contributed by atoms with Crippen molar-refractivity contribution >= 4 is 23.4 Å². The number of benzene rings is 1. The SMILES string of the molecule is C[C@@H]1Cc2nn3c(c2CN1C(=O)c1ccc(Cl)c(C(F)(F)F)c1)C(=O)N([C@@H](C)c1ccn(CC(C)(C)O)c(=O)c1)C[C@H]3C. The second kappa shape index (κ2) is 10.8. The van der Waals surface area contributed by atoms with Crippen molar-refractivity contribution in [2.75, 3.05) is 6.54 Å². The summed E-state index contributed by atoms with van der Waals surface area (Å²) in [4.78, 5) is 43.4. The van der Waals surface area contributed by atoms with Crippen LogP contribution in [0.3, 0.4) is 0 Å². The van der Waals surface area contributed by atoms with E-state index >= 15 is 0 Å². The molecule has 2 aromatic heterocycles. The molecule has 2 aliphatic heterocycles. The van der Waals surface area contributed by atoms with Crippen molar-refractivity contribution in [1.82, 2.24) is 24.1 Å². The first-order chi connectivity index (χ1) is 20.0. The van der Waals surface area contributed by atoms with E-state index in [1.807, 2.05) is 13.8 Å². The van der Waals surface area contributed by atoms with Crippen molar-refractivity contribution in [3.63, 3.8) is 0 Å². The Balaban J connectivity index is 1.44. The largest absolute Gasteiger partial charge is 0.417 e. The van der Waals surface area contributed by atoms with Gasteiger partial charge in [-0.1, -0.05) is 11.6 Å². The lowest BCUT2D eigenvalue weighted by Crippen LogP contribution is -2.45. The smallest absolute Gasteiger partial charge is 0.389 e. The number of amides is 2. The van der Waals surface area contributed by atoms with Crippen LogP contribution in [0, 0.1) is 0 Å². The second-order valence-electron chi connectivity index (χ2n) is 12.1. The number of halogens is 4. The first-order valence-electron chi connectivity index (χ1n) is 14.0. The fourth-order valence-corrected chi connectivity index (χ4v) is 6.07. The molecule has 0 fully saturated rings. The third-order valence-corrected chi connectivity index (χ3v) is 8.42. The molecule has 0 aliphatic carbocycles. The van der Waals surface area contributed by atoms with Gasteiger partial charge in [0.05, 0.1) is 47.1 Å². The number of pyridine rings is 1. The Kier molecular flexibility index (Phi) is 7.75. The van der Waals surface area contributed by atoms with Gasteiger partial charge in [-0.2, -0.15) is 18.3 Å². The van der Waals surface area contributed by atoms with Crippen LogP contribution in [0.1, 0.15) is 89.9 Å². The summed E-state index contributed by atoms with van der Waals surface area (Å²) < 4.78 is 43.5. The number of nitrogens with zero attached hydrogens (tertiary/aromatic N) is 5. The van der Waals surface area contributed by atoms with Crippen LogP contribution in [0.2, 0.25) is 5.02 Å². The van der Waals surface area contributed by atoms with Crippen molar-refractivity contribution in [1.29, 1.82) is 0 Å². The molecular weight excluding hydrogens is 587 g/mol. The maximum Gasteiger partial charge on any atom is 0.417 e. The second-order valence-corrected chi connectivity index (χ2v) is 12.5. The molecule has 1 aromatic carbocycles. The minimum Gasteiger partial charge on any atom is -0.389 e. The van der Waals surface area contributed by atoms with E-state index in [1.165, 1.54) is 21.6 Å². The van der Waals surface area contributed by atoms with Crippen LogP contribution in [0.4, 0.5) is 13.2 Å². The molecule has 0 saturated carbocycles. The number of hydrogen-bond donors (Lipinski definition) is 1. The van der Waals surface area contributed by atoms with Crippen molar-refractivity contribution in [3.8, 4) is 0 Å². The van der Waals surface area contributed by atoms with Gasteiger partial charge in [0.2, 0.25) is 0 Å². The van der Waals surface area contributed by atoms with E-state index in [2.05, 4.69) is 0 Å². The highest BCUT2D eigenvalue weighted by molar-refractivity contribution is 6.31. The maximum atomic E-state index is 14.0. The number of aromatic nitrogens is 3. The highest BCUT2D eigenvalue weighted by Crippen LogP contribution is 2.37. The first kappa shape index (κ1) is 30.8. The van der Waals surface area contributed by atoms with Gasteiger partial charge in [0.25, 0.3) is 17.4 Å². The summed E-state index contributed by atoms with van der Waals surface area (Å²) in [5, 5.41) is 14.3. The molecule has 13 heteroatoms. The van der Waals surface area contributed by atoms with Gasteiger partial charge >= 0.3 is 6.18 Å². The average molecular weight is 620 g/mol. The number of carbonyl (C=O) groups is 2. The number of fused-ring (bicyclic) bond motifs is 3. The molecule has 43 heavy (non-hydrogen) atoms. The van der Waals surface area contributed by atoms with Crippen molar-refractivity contribution in [2.24, 2.45) is 0 Å². The van der Waals surface area contributed by atoms with E-state index in [9.17, 15) is 32.7 Å². The van der Waals surface area contributed by atoms with Crippen LogP contribution in [0.5, 0.6) is 0 Å². The van der Waals surface area contributed by atoms with Crippen molar-refractivity contribution in [3.05, 3.63) is 85.5 Å². The van der Waals surface area contributed by atoms with Crippen LogP contribution in [-0.4, -0.2) is 59.3 Å². The third kappa shape index (κ3) is 5.82. The van der Waals surface area contributed by atoms with Crippen LogP contribution >= 0.6 is 11.6 Å². The summed E-state index contributed by atoms with van der Waals surface area (Å²) in [6.07, 6.45) is -2.79. The Morgan fingerprint density at radius 3 is 2.47 bits per heavy atom. The van der Waals surface area contributed by atoms with Crippen LogP contribution < -0.4 is 5.56 Å². The molecule has 5 rings (SSSR count). The predicted molar refractivity (Wildman–Crippen MR) is 153 cm³/mol. The van der Waals surface area contributed by atoms with E-state index in [0.717, 1.165) is 12.1 Å². The van der Waals surface area contributed by atoms with Crippen molar-refractivity contribution < 1.29 is 27.9 Å². The highest BCUT2D eigenvalue weighted by atomic mass is 35.5. The molecule has 0 bridgehead atoms. The topological polar surface area (TPSA) is 101 Å². The van der Waals surface area contributed by atoms with Gasteiger partial charge in [-0.05, 0) is 64.4 Å². The van der Waals surface area contributed by atoms with E-state index in [1.54, 1.807) is 42.6 Å². The lowest BCUT2D eigenvalue weighted by atomic mass is 9.96. The molecular formula is C30H33ClF3N5O4. The molecule has 2 aliphatic rings. The van der Waals surface area contributed by atoms with Crippen molar-refractivity contribution in [2.45, 2.75) is 84.0 Å². The molecule has 3 aromatic rings. The highest BCUT2D eigenvalue weighted by Gasteiger charge is 2.41. The van der Waals surface area contributed by atoms with E-state index in [4.69, 9.17) is 16.7 Å². The third-order valence-electron chi connectivity index (χ3n) is 8.09. The predicted octanol–water partition coefficient (Wildman–Crippen LogP) is 4.85. The molecule has 230 valence electrons. The summed E-state index contributed by atoms with van der Waals surface area (Å²) in [7, 11) is 0. The summed E-state index contributed by atoms with van der Waals surface area (Å²) in [5.41, 5.74) is -0.426. The zero-order valence-corrected chi connectivity index (χ0v) is 25.2. The van der Waals surface area contributed by atoms with Gasteiger partial charge in [0.15, 0.2) is 0 Å². The average Bonchev–Trinajstić information content (AvgIpc) is 3.28. The Morgan fingerprint density at radius 2 is 1.84 bits per heavy atom. The van der Waals surface area contributed by atoms with E-state index in [-0.39, 0.29) is 42.2 Å². The van der Waals surface area contributed by atoms with E-state index in [0.29, 0.717) is 35.5 Å². The molecule has 0 saturated heterocycles. The minimum absolute atomic E-state index is 0.00230. The van der Waals surface area contributed by atoms with Gasteiger partial charge < -0.3 is 19.5 Å². The summed E-state index contributed by atoms with van der Waals surface area (Å²) in [5.74, 6) is -0.916. The summed E-state index contributed by atoms with van der Waals surface area (Å²) in [6, 6.07) is 5.24. The molecule has 0 spiro atoms. The number of rotatable bonds is 5. The van der Waals surface area contributed by atoms with Gasteiger partial charge in [-0.25, -0.2) is 0 Å². The Hall–Kier alpha value is -3.64. The molecule has 0 unspecified atom stereocenters. The quantitative estimate of drug-likeness (QED) is 0.440. The molecule has 0 radical (unpaired) electrons.